The molecule has 0 amide bonds. The van der Waals surface area contributed by atoms with Gasteiger partial charge in [0, 0.05) is 11.6 Å². The largest absolute Gasteiger partial charge is 0.360 e. The Bertz CT molecular complexity index is 505. The number of para-hydroxylation sites is 1. The molecule has 1 aromatic carbocycles. The average molecular weight is 199 g/mol. The van der Waals surface area contributed by atoms with Gasteiger partial charge in [0.25, 0.3) is 0 Å². The predicted octanol–water partition coefficient (Wildman–Crippen LogP) is 1.93. The van der Waals surface area contributed by atoms with E-state index in [2.05, 4.69) is 11.1 Å². The first kappa shape index (κ1) is 9.75. The Morgan fingerprint density at radius 2 is 2.27 bits per heavy atom. The number of hydrogen-bond acceptors (Lipinski definition) is 2. The number of fused-ring (bicyclic) bond motifs is 1. The Morgan fingerprint density at radius 1 is 1.40 bits per heavy atom. The molecule has 3 N–H and O–H groups in total. The summed E-state index contributed by atoms with van der Waals surface area (Å²) < 4.78 is 0. The van der Waals surface area contributed by atoms with Crippen LogP contribution in [0.25, 0.3) is 10.9 Å². The minimum absolute atomic E-state index is 0.699. The third kappa shape index (κ3) is 1.72. The number of benzene rings is 1. The van der Waals surface area contributed by atoms with Crippen molar-refractivity contribution in [2.45, 2.75) is 12.8 Å². The Kier molecular flexibility index (Phi) is 2.70. The van der Waals surface area contributed by atoms with Crippen LogP contribution in [-0.2, 0) is 6.42 Å². The predicted molar refractivity (Wildman–Crippen MR) is 60.4 cm³/mol. The van der Waals surface area contributed by atoms with E-state index >= 15 is 0 Å². The molecule has 1 aromatic heterocycles. The van der Waals surface area contributed by atoms with Gasteiger partial charge in [-0.05, 0) is 31.0 Å². The standard InChI is InChI=1S/C12H13N3/c13-6-2-4-10-8-15-12-9(7-14)3-1-5-11(10)12/h1,3,5,8,15H,2,4,6,13H2. The summed E-state index contributed by atoms with van der Waals surface area (Å²) in [5, 5.41) is 10.1. The molecular formula is C12H13N3. The first-order chi connectivity index (χ1) is 7.36. The number of nitrogens with zero attached hydrogens (tertiary/aromatic N) is 1. The molecule has 0 aliphatic heterocycles. The van der Waals surface area contributed by atoms with Crippen molar-refractivity contribution < 1.29 is 0 Å². The van der Waals surface area contributed by atoms with Gasteiger partial charge in [0.15, 0.2) is 0 Å². The summed E-state index contributed by atoms with van der Waals surface area (Å²) in [4.78, 5) is 3.15. The Balaban J connectivity index is 2.47. The second-order valence-electron chi connectivity index (χ2n) is 3.55. The summed E-state index contributed by atoms with van der Waals surface area (Å²) in [6.07, 6.45) is 3.91. The summed E-state index contributed by atoms with van der Waals surface area (Å²) in [6.45, 7) is 0.699. The van der Waals surface area contributed by atoms with E-state index in [1.165, 1.54) is 5.56 Å². The van der Waals surface area contributed by atoms with Crippen LogP contribution >= 0.6 is 0 Å². The number of nitriles is 1. The fraction of sp³-hybridized carbons (Fsp3) is 0.250. The highest BCUT2D eigenvalue weighted by Crippen LogP contribution is 2.22. The molecule has 0 atom stereocenters. The lowest BCUT2D eigenvalue weighted by molar-refractivity contribution is 0.837. The van der Waals surface area contributed by atoms with E-state index in [1.54, 1.807) is 0 Å². The Labute approximate surface area is 88.5 Å². The van der Waals surface area contributed by atoms with Gasteiger partial charge >= 0.3 is 0 Å². The van der Waals surface area contributed by atoms with Gasteiger partial charge in [0.1, 0.15) is 6.07 Å². The first-order valence-corrected chi connectivity index (χ1v) is 5.06. The van der Waals surface area contributed by atoms with Crippen molar-refractivity contribution in [3.8, 4) is 6.07 Å². The number of H-pyrrole nitrogens is 1. The van der Waals surface area contributed by atoms with E-state index < -0.39 is 0 Å². The van der Waals surface area contributed by atoms with Crippen molar-refractivity contribution in [2.75, 3.05) is 6.54 Å². The number of rotatable bonds is 3. The molecule has 0 aliphatic carbocycles. The van der Waals surface area contributed by atoms with E-state index in [-0.39, 0.29) is 0 Å². The smallest absolute Gasteiger partial charge is 0.101 e. The van der Waals surface area contributed by atoms with Crippen molar-refractivity contribution in [3.63, 3.8) is 0 Å². The van der Waals surface area contributed by atoms with E-state index in [0.717, 1.165) is 23.7 Å². The zero-order valence-corrected chi connectivity index (χ0v) is 8.46. The second-order valence-corrected chi connectivity index (χ2v) is 3.55. The van der Waals surface area contributed by atoms with Crippen LogP contribution in [0.4, 0.5) is 0 Å². The molecule has 76 valence electrons. The van der Waals surface area contributed by atoms with Gasteiger partial charge in [-0.25, -0.2) is 0 Å². The Morgan fingerprint density at radius 3 is 3.00 bits per heavy atom. The summed E-state index contributed by atoms with van der Waals surface area (Å²) in [7, 11) is 0. The lowest BCUT2D eigenvalue weighted by Crippen LogP contribution is -1.99. The molecule has 2 aromatic rings. The second kappa shape index (κ2) is 4.16. The molecule has 0 saturated heterocycles. The first-order valence-electron chi connectivity index (χ1n) is 5.06. The molecule has 3 heteroatoms. The van der Waals surface area contributed by atoms with Crippen molar-refractivity contribution in [2.24, 2.45) is 5.73 Å². The number of aryl methyl sites for hydroxylation is 1. The molecule has 0 spiro atoms. The van der Waals surface area contributed by atoms with Gasteiger partial charge in [0.2, 0.25) is 0 Å². The highest BCUT2D eigenvalue weighted by Gasteiger charge is 2.05. The highest BCUT2D eigenvalue weighted by molar-refractivity contribution is 5.87. The molecule has 0 fully saturated rings. The van der Waals surface area contributed by atoms with Crippen LogP contribution in [-0.4, -0.2) is 11.5 Å². The quantitative estimate of drug-likeness (QED) is 0.793. The zero-order chi connectivity index (χ0) is 10.7. The van der Waals surface area contributed by atoms with Gasteiger partial charge < -0.3 is 10.7 Å². The Hall–Kier alpha value is -1.79. The van der Waals surface area contributed by atoms with Gasteiger partial charge in [-0.1, -0.05) is 12.1 Å². The van der Waals surface area contributed by atoms with E-state index in [9.17, 15) is 0 Å². The van der Waals surface area contributed by atoms with Crippen LogP contribution in [0.5, 0.6) is 0 Å². The van der Waals surface area contributed by atoms with Crippen molar-refractivity contribution in [1.82, 2.24) is 4.98 Å². The molecule has 3 nitrogen and oxygen atoms in total. The van der Waals surface area contributed by atoms with Crippen LogP contribution < -0.4 is 5.73 Å². The van der Waals surface area contributed by atoms with Gasteiger partial charge in [-0.3, -0.25) is 0 Å². The van der Waals surface area contributed by atoms with Crippen molar-refractivity contribution in [1.29, 1.82) is 5.26 Å². The van der Waals surface area contributed by atoms with E-state index in [1.807, 2.05) is 24.4 Å². The maximum atomic E-state index is 8.93. The van der Waals surface area contributed by atoms with Gasteiger partial charge in [-0.15, -0.1) is 0 Å². The van der Waals surface area contributed by atoms with Crippen LogP contribution in [0.3, 0.4) is 0 Å². The van der Waals surface area contributed by atoms with Gasteiger partial charge in [-0.2, -0.15) is 5.26 Å². The molecular weight excluding hydrogens is 186 g/mol. The normalized spacial score (nSPS) is 10.4. The molecule has 1 heterocycles. The molecule has 0 unspecified atom stereocenters. The minimum atomic E-state index is 0.699. The minimum Gasteiger partial charge on any atom is -0.360 e. The van der Waals surface area contributed by atoms with E-state index in [0.29, 0.717) is 12.1 Å². The lowest BCUT2D eigenvalue weighted by atomic mass is 10.1. The summed E-state index contributed by atoms with van der Waals surface area (Å²) in [5.74, 6) is 0. The summed E-state index contributed by atoms with van der Waals surface area (Å²) in [5.41, 5.74) is 8.36. The molecule has 0 radical (unpaired) electrons. The maximum absolute atomic E-state index is 8.93. The number of aromatic nitrogens is 1. The SMILES string of the molecule is N#Cc1cccc2c(CCCN)c[nH]c12. The molecule has 0 bridgehead atoms. The van der Waals surface area contributed by atoms with Crippen LogP contribution in [0.1, 0.15) is 17.5 Å². The zero-order valence-electron chi connectivity index (χ0n) is 8.46. The fourth-order valence-corrected chi connectivity index (χ4v) is 1.80. The van der Waals surface area contributed by atoms with Crippen molar-refractivity contribution >= 4 is 10.9 Å². The monoisotopic (exact) mass is 199 g/mol. The molecule has 0 aliphatic rings. The fourth-order valence-electron chi connectivity index (χ4n) is 1.80. The van der Waals surface area contributed by atoms with Crippen LogP contribution in [0, 0.1) is 11.3 Å². The van der Waals surface area contributed by atoms with Crippen LogP contribution in [0.2, 0.25) is 0 Å². The molecule has 2 rings (SSSR count). The topological polar surface area (TPSA) is 65.6 Å². The average Bonchev–Trinajstić information content (AvgIpc) is 2.69. The van der Waals surface area contributed by atoms with Crippen molar-refractivity contribution in [3.05, 3.63) is 35.5 Å². The third-order valence-corrected chi connectivity index (χ3v) is 2.57. The number of nitrogens with two attached hydrogens (primary N) is 1. The molecule has 15 heavy (non-hydrogen) atoms. The summed E-state index contributed by atoms with van der Waals surface area (Å²) in [6, 6.07) is 7.97. The third-order valence-electron chi connectivity index (χ3n) is 2.57. The number of aromatic amines is 1. The number of hydrogen-bond donors (Lipinski definition) is 2. The molecule has 0 saturated carbocycles. The highest BCUT2D eigenvalue weighted by atomic mass is 14.7. The van der Waals surface area contributed by atoms with E-state index in [4.69, 9.17) is 11.0 Å². The van der Waals surface area contributed by atoms with Gasteiger partial charge in [0.05, 0.1) is 11.1 Å². The van der Waals surface area contributed by atoms with Crippen LogP contribution in [0.15, 0.2) is 24.4 Å². The lowest BCUT2D eigenvalue weighted by Gasteiger charge is -1.97. The summed E-state index contributed by atoms with van der Waals surface area (Å²) >= 11 is 0. The number of nitrogens with one attached hydrogen (secondary N) is 1. The maximum Gasteiger partial charge on any atom is 0.101 e.